The van der Waals surface area contributed by atoms with Crippen LogP contribution in [0.2, 0.25) is 5.02 Å². The summed E-state index contributed by atoms with van der Waals surface area (Å²) in [7, 11) is 0. The van der Waals surface area contributed by atoms with Crippen molar-refractivity contribution < 1.29 is 32.2 Å². The molecule has 0 aliphatic carbocycles. The molecule has 0 bridgehead atoms. The fourth-order valence-corrected chi connectivity index (χ4v) is 2.69. The van der Waals surface area contributed by atoms with E-state index < -0.39 is 22.9 Å². The molecule has 0 heterocycles. The van der Waals surface area contributed by atoms with Crippen LogP contribution in [0.4, 0.5) is 17.6 Å². The van der Waals surface area contributed by atoms with Crippen LogP contribution in [0.3, 0.4) is 0 Å². The highest BCUT2D eigenvalue weighted by molar-refractivity contribution is 8.00. The van der Waals surface area contributed by atoms with Gasteiger partial charge in [0.1, 0.15) is 18.2 Å². The molecule has 0 aromatic heterocycles. The van der Waals surface area contributed by atoms with Gasteiger partial charge in [0.15, 0.2) is 0 Å². The summed E-state index contributed by atoms with van der Waals surface area (Å²) in [6, 6.07) is 7.29. The van der Waals surface area contributed by atoms with E-state index in [4.69, 9.17) is 21.4 Å². The van der Waals surface area contributed by atoms with Gasteiger partial charge in [-0.1, -0.05) is 23.7 Å². The molecule has 0 amide bonds. The molecule has 0 saturated heterocycles. The first-order chi connectivity index (χ1) is 11.2. The Bertz CT molecular complexity index is 765. The minimum atomic E-state index is -4.44. The van der Waals surface area contributed by atoms with Crippen LogP contribution >= 0.6 is 23.4 Å². The highest BCUT2D eigenvalue weighted by Crippen LogP contribution is 2.39. The Labute approximate surface area is 143 Å². The summed E-state index contributed by atoms with van der Waals surface area (Å²) in [6.07, 6.45) is 0. The Kier molecular flexibility index (Phi) is 5.61. The molecular formula is C15H9ClF4O3S. The zero-order chi connectivity index (χ0) is 17.9. The molecular weight excluding hydrogens is 372 g/mol. The maximum absolute atomic E-state index is 14.0. The number of rotatable bonds is 5. The summed E-state index contributed by atoms with van der Waals surface area (Å²) < 4.78 is 56.1. The Morgan fingerprint density at radius 3 is 2.54 bits per heavy atom. The smallest absolute Gasteiger partial charge is 0.446 e. The molecule has 0 fully saturated rings. The van der Waals surface area contributed by atoms with E-state index in [-0.39, 0.29) is 39.6 Å². The lowest BCUT2D eigenvalue weighted by molar-refractivity contribution is -0.0328. The highest BCUT2D eigenvalue weighted by atomic mass is 35.5. The van der Waals surface area contributed by atoms with E-state index in [9.17, 15) is 22.4 Å². The van der Waals surface area contributed by atoms with Gasteiger partial charge in [-0.2, -0.15) is 13.2 Å². The summed E-state index contributed by atoms with van der Waals surface area (Å²) in [5.41, 5.74) is -4.95. The fraction of sp³-hybridized carbons (Fsp3) is 0.133. The second-order valence-electron chi connectivity index (χ2n) is 4.51. The van der Waals surface area contributed by atoms with Gasteiger partial charge in [0.25, 0.3) is 0 Å². The van der Waals surface area contributed by atoms with E-state index in [1.165, 1.54) is 24.3 Å². The van der Waals surface area contributed by atoms with Crippen molar-refractivity contribution in [3.63, 3.8) is 0 Å². The number of carboxylic acids is 1. The number of halogens is 5. The van der Waals surface area contributed by atoms with Gasteiger partial charge in [0.2, 0.25) is 0 Å². The predicted molar refractivity (Wildman–Crippen MR) is 81.1 cm³/mol. The highest BCUT2D eigenvalue weighted by Gasteiger charge is 2.29. The summed E-state index contributed by atoms with van der Waals surface area (Å²) in [5, 5.41) is 8.78. The molecule has 0 spiro atoms. The topological polar surface area (TPSA) is 46.5 Å². The van der Waals surface area contributed by atoms with Crippen molar-refractivity contribution in [2.75, 3.05) is 0 Å². The average Bonchev–Trinajstić information content (AvgIpc) is 2.45. The standard InChI is InChI=1S/C15H9ClF4O3S/c16-11-6-9(24-15(18,19)20)4-5-12(11)23-7-8-2-1-3-10(13(8)17)14(21)22/h1-6H,7H2,(H,21,22). The number of alkyl halides is 3. The van der Waals surface area contributed by atoms with Crippen molar-refractivity contribution in [2.45, 2.75) is 17.0 Å². The summed E-state index contributed by atoms with van der Waals surface area (Å²) in [5.74, 6) is -2.30. The summed E-state index contributed by atoms with van der Waals surface area (Å²) in [6.45, 7) is -0.321. The third-order valence-electron chi connectivity index (χ3n) is 2.83. The molecule has 3 nitrogen and oxygen atoms in total. The van der Waals surface area contributed by atoms with E-state index in [1.54, 1.807) is 0 Å². The molecule has 0 saturated carbocycles. The zero-order valence-electron chi connectivity index (χ0n) is 11.7. The van der Waals surface area contributed by atoms with Crippen LogP contribution in [-0.4, -0.2) is 16.6 Å². The molecule has 0 aliphatic rings. The molecule has 24 heavy (non-hydrogen) atoms. The number of ether oxygens (including phenoxy) is 1. The lowest BCUT2D eigenvalue weighted by Crippen LogP contribution is -2.06. The van der Waals surface area contributed by atoms with Crippen molar-refractivity contribution in [1.82, 2.24) is 0 Å². The Balaban J connectivity index is 2.13. The van der Waals surface area contributed by atoms with Gasteiger partial charge in [-0.25, -0.2) is 9.18 Å². The monoisotopic (exact) mass is 380 g/mol. The maximum atomic E-state index is 14.0. The van der Waals surface area contributed by atoms with Crippen LogP contribution in [0.15, 0.2) is 41.3 Å². The van der Waals surface area contributed by atoms with E-state index in [0.29, 0.717) is 0 Å². The van der Waals surface area contributed by atoms with Crippen molar-refractivity contribution in [1.29, 1.82) is 0 Å². The average molecular weight is 381 g/mol. The molecule has 2 aromatic rings. The Morgan fingerprint density at radius 1 is 1.25 bits per heavy atom. The first-order valence-corrected chi connectivity index (χ1v) is 7.55. The maximum Gasteiger partial charge on any atom is 0.446 e. The number of benzene rings is 2. The quantitative estimate of drug-likeness (QED) is 0.559. The van der Waals surface area contributed by atoms with Crippen molar-refractivity contribution >= 4 is 29.3 Å². The van der Waals surface area contributed by atoms with Crippen LogP contribution in [-0.2, 0) is 6.61 Å². The summed E-state index contributed by atoms with van der Waals surface area (Å²) in [4.78, 5) is 10.7. The lowest BCUT2D eigenvalue weighted by Gasteiger charge is -2.11. The predicted octanol–water partition coefficient (Wildman–Crippen LogP) is 5.37. The Morgan fingerprint density at radius 2 is 1.96 bits per heavy atom. The molecule has 128 valence electrons. The van der Waals surface area contributed by atoms with Crippen molar-refractivity contribution in [2.24, 2.45) is 0 Å². The van der Waals surface area contributed by atoms with E-state index in [1.807, 2.05) is 0 Å². The summed E-state index contributed by atoms with van der Waals surface area (Å²) >= 11 is 5.53. The number of carbonyl (C=O) groups is 1. The molecule has 1 N–H and O–H groups in total. The van der Waals surface area contributed by atoms with Crippen molar-refractivity contribution in [3.8, 4) is 5.75 Å². The van der Waals surface area contributed by atoms with Crippen LogP contribution in [0.1, 0.15) is 15.9 Å². The SMILES string of the molecule is O=C(O)c1cccc(COc2ccc(SC(F)(F)F)cc2Cl)c1F. The van der Waals surface area contributed by atoms with Crippen LogP contribution in [0, 0.1) is 5.82 Å². The zero-order valence-corrected chi connectivity index (χ0v) is 13.3. The molecule has 2 aromatic carbocycles. The minimum absolute atomic E-state index is 0.0142. The van der Waals surface area contributed by atoms with E-state index in [2.05, 4.69) is 0 Å². The molecule has 2 rings (SSSR count). The van der Waals surface area contributed by atoms with Gasteiger partial charge in [0.05, 0.1) is 10.6 Å². The number of aromatic carboxylic acids is 1. The molecule has 0 aliphatic heterocycles. The third-order valence-corrected chi connectivity index (χ3v) is 3.85. The molecule has 0 atom stereocenters. The number of carboxylic acid groups (broad SMARTS) is 1. The molecule has 0 radical (unpaired) electrons. The number of thioether (sulfide) groups is 1. The second kappa shape index (κ2) is 7.31. The van der Waals surface area contributed by atoms with Crippen LogP contribution in [0.5, 0.6) is 5.75 Å². The fourth-order valence-electron chi connectivity index (χ4n) is 1.81. The third kappa shape index (κ3) is 4.78. The Hall–Kier alpha value is -1.93. The minimum Gasteiger partial charge on any atom is -0.487 e. The van der Waals surface area contributed by atoms with E-state index in [0.717, 1.165) is 12.1 Å². The largest absolute Gasteiger partial charge is 0.487 e. The van der Waals surface area contributed by atoms with Gasteiger partial charge in [0, 0.05) is 10.5 Å². The first kappa shape index (κ1) is 18.4. The molecule has 0 unspecified atom stereocenters. The van der Waals surface area contributed by atoms with Gasteiger partial charge < -0.3 is 9.84 Å². The van der Waals surface area contributed by atoms with Gasteiger partial charge >= 0.3 is 11.5 Å². The van der Waals surface area contributed by atoms with Gasteiger partial charge in [-0.15, -0.1) is 0 Å². The van der Waals surface area contributed by atoms with Crippen molar-refractivity contribution in [3.05, 3.63) is 58.4 Å². The first-order valence-electron chi connectivity index (χ1n) is 6.36. The molecule has 9 heteroatoms. The number of hydrogen-bond donors (Lipinski definition) is 1. The lowest BCUT2D eigenvalue weighted by atomic mass is 10.1. The number of hydrogen-bond acceptors (Lipinski definition) is 3. The normalized spacial score (nSPS) is 11.4. The van der Waals surface area contributed by atoms with Gasteiger partial charge in [-0.3, -0.25) is 0 Å². The van der Waals surface area contributed by atoms with Crippen LogP contribution in [0.25, 0.3) is 0 Å². The van der Waals surface area contributed by atoms with Gasteiger partial charge in [-0.05, 0) is 36.0 Å². The van der Waals surface area contributed by atoms with E-state index >= 15 is 0 Å². The van der Waals surface area contributed by atoms with Crippen LogP contribution < -0.4 is 4.74 Å². The second-order valence-corrected chi connectivity index (χ2v) is 6.06.